The number of aromatic nitrogens is 2. The standard InChI is InChI=1S/C17H14ClN3O3S/c1-23-13-5-4-11(8-12(13)18)21-9-10(7-15(21)22)17-19-16(20-24-17)14-3-2-6-25-14/h2-6,8,10H,7,9H2,1H3/t10-/m1/s1. The van der Waals surface area contributed by atoms with Gasteiger partial charge in [-0.05, 0) is 29.6 Å². The topological polar surface area (TPSA) is 68.5 Å². The van der Waals surface area contributed by atoms with Crippen molar-refractivity contribution in [3.63, 3.8) is 0 Å². The fourth-order valence-corrected chi connectivity index (χ4v) is 3.75. The van der Waals surface area contributed by atoms with Crippen molar-refractivity contribution in [2.75, 3.05) is 18.6 Å². The Morgan fingerprint density at radius 3 is 3.00 bits per heavy atom. The highest BCUT2D eigenvalue weighted by Gasteiger charge is 2.35. The predicted molar refractivity (Wildman–Crippen MR) is 95.3 cm³/mol. The molecule has 4 rings (SSSR count). The normalized spacial score (nSPS) is 17.3. The average Bonchev–Trinajstić information content (AvgIpc) is 3.34. The lowest BCUT2D eigenvalue weighted by molar-refractivity contribution is -0.117. The first-order valence-corrected chi connectivity index (χ1v) is 8.93. The first kappa shape index (κ1) is 16.1. The molecule has 0 aliphatic carbocycles. The number of carbonyl (C=O) groups excluding carboxylic acids is 1. The van der Waals surface area contributed by atoms with Gasteiger partial charge in [-0.15, -0.1) is 11.3 Å². The van der Waals surface area contributed by atoms with E-state index in [4.69, 9.17) is 20.9 Å². The van der Waals surface area contributed by atoms with Gasteiger partial charge in [0, 0.05) is 18.7 Å². The van der Waals surface area contributed by atoms with Crippen molar-refractivity contribution in [2.45, 2.75) is 12.3 Å². The second kappa shape index (κ2) is 6.50. The van der Waals surface area contributed by atoms with Crippen LogP contribution in [0.15, 0.2) is 40.2 Å². The van der Waals surface area contributed by atoms with Crippen molar-refractivity contribution in [1.29, 1.82) is 0 Å². The number of benzene rings is 1. The number of carbonyl (C=O) groups is 1. The monoisotopic (exact) mass is 375 g/mol. The SMILES string of the molecule is COc1ccc(N2C[C@H](c3nc(-c4cccs4)no3)CC2=O)cc1Cl. The quantitative estimate of drug-likeness (QED) is 0.689. The molecule has 1 fully saturated rings. The molecule has 6 nitrogen and oxygen atoms in total. The third kappa shape index (κ3) is 3.01. The van der Waals surface area contributed by atoms with Crippen molar-refractivity contribution >= 4 is 34.5 Å². The van der Waals surface area contributed by atoms with Crippen LogP contribution in [0.4, 0.5) is 5.69 Å². The van der Waals surface area contributed by atoms with Crippen molar-refractivity contribution in [3.05, 3.63) is 46.6 Å². The number of halogens is 1. The van der Waals surface area contributed by atoms with E-state index in [9.17, 15) is 4.79 Å². The highest BCUT2D eigenvalue weighted by atomic mass is 35.5. The molecule has 2 aromatic heterocycles. The van der Waals surface area contributed by atoms with Crippen molar-refractivity contribution in [2.24, 2.45) is 0 Å². The second-order valence-corrected chi connectivity index (χ2v) is 7.01. The van der Waals surface area contributed by atoms with E-state index in [-0.39, 0.29) is 11.8 Å². The summed E-state index contributed by atoms with van der Waals surface area (Å²) in [4.78, 5) is 19.5. The third-order valence-corrected chi connectivity index (χ3v) is 5.27. The lowest BCUT2D eigenvalue weighted by Gasteiger charge is -2.17. The summed E-state index contributed by atoms with van der Waals surface area (Å²) in [6, 6.07) is 9.16. The number of rotatable bonds is 4. The molecule has 1 aliphatic rings. The molecule has 1 amide bonds. The summed E-state index contributed by atoms with van der Waals surface area (Å²) in [5, 5.41) is 6.44. The molecular weight excluding hydrogens is 362 g/mol. The molecule has 0 saturated carbocycles. The van der Waals surface area contributed by atoms with Gasteiger partial charge in [0.25, 0.3) is 0 Å². The van der Waals surface area contributed by atoms with Crippen molar-refractivity contribution in [3.8, 4) is 16.5 Å². The fraction of sp³-hybridized carbons (Fsp3) is 0.235. The number of hydrogen-bond donors (Lipinski definition) is 0. The number of amides is 1. The van der Waals surface area contributed by atoms with E-state index in [2.05, 4.69) is 10.1 Å². The summed E-state index contributed by atoms with van der Waals surface area (Å²) in [5.74, 6) is 1.49. The van der Waals surface area contributed by atoms with E-state index in [1.54, 1.807) is 35.5 Å². The Kier molecular flexibility index (Phi) is 4.19. The molecule has 8 heteroatoms. The summed E-state index contributed by atoms with van der Waals surface area (Å²) in [6.07, 6.45) is 0.329. The van der Waals surface area contributed by atoms with Crippen LogP contribution in [0, 0.1) is 0 Å². The molecule has 0 radical (unpaired) electrons. The van der Waals surface area contributed by atoms with Crippen molar-refractivity contribution in [1.82, 2.24) is 10.1 Å². The molecule has 128 valence electrons. The summed E-state index contributed by atoms with van der Waals surface area (Å²) < 4.78 is 10.5. The number of nitrogens with zero attached hydrogens (tertiary/aromatic N) is 3. The minimum absolute atomic E-state index is 0.00195. The van der Waals surface area contributed by atoms with Gasteiger partial charge in [0.2, 0.25) is 17.6 Å². The van der Waals surface area contributed by atoms with Gasteiger partial charge in [0.05, 0.1) is 22.9 Å². The van der Waals surface area contributed by atoms with E-state index in [1.807, 2.05) is 23.6 Å². The summed E-state index contributed by atoms with van der Waals surface area (Å²) in [7, 11) is 1.55. The minimum atomic E-state index is -0.130. The van der Waals surface area contributed by atoms with E-state index < -0.39 is 0 Å². The molecule has 1 aromatic carbocycles. The summed E-state index contributed by atoms with van der Waals surface area (Å²) in [6.45, 7) is 0.480. The van der Waals surface area contributed by atoms with Crippen LogP contribution in [0.2, 0.25) is 5.02 Å². The smallest absolute Gasteiger partial charge is 0.232 e. The minimum Gasteiger partial charge on any atom is -0.495 e. The number of anilines is 1. The van der Waals surface area contributed by atoms with Gasteiger partial charge in [-0.3, -0.25) is 4.79 Å². The van der Waals surface area contributed by atoms with Gasteiger partial charge < -0.3 is 14.2 Å². The molecule has 0 unspecified atom stereocenters. The Bertz CT molecular complexity index is 910. The zero-order valence-corrected chi connectivity index (χ0v) is 14.9. The van der Waals surface area contributed by atoms with E-state index >= 15 is 0 Å². The number of hydrogen-bond acceptors (Lipinski definition) is 6. The Morgan fingerprint density at radius 1 is 1.40 bits per heavy atom. The van der Waals surface area contributed by atoms with Crippen LogP contribution in [-0.2, 0) is 4.79 Å². The number of ether oxygens (including phenoxy) is 1. The Balaban J connectivity index is 1.55. The molecule has 1 saturated heterocycles. The Hall–Kier alpha value is -2.38. The largest absolute Gasteiger partial charge is 0.495 e. The molecule has 0 spiro atoms. The van der Waals surface area contributed by atoms with Crippen LogP contribution in [0.5, 0.6) is 5.75 Å². The van der Waals surface area contributed by atoms with E-state index in [0.717, 1.165) is 10.6 Å². The number of thiophene rings is 1. The van der Waals surface area contributed by atoms with Gasteiger partial charge in [-0.2, -0.15) is 4.98 Å². The molecule has 1 atom stereocenters. The maximum atomic E-state index is 12.4. The fourth-order valence-electron chi connectivity index (χ4n) is 2.85. The lowest BCUT2D eigenvalue weighted by atomic mass is 10.1. The van der Waals surface area contributed by atoms with Gasteiger partial charge in [0.15, 0.2) is 0 Å². The molecule has 0 bridgehead atoms. The van der Waals surface area contributed by atoms with Crippen LogP contribution in [0.3, 0.4) is 0 Å². The average molecular weight is 376 g/mol. The van der Waals surface area contributed by atoms with Gasteiger partial charge >= 0.3 is 0 Å². The highest BCUT2D eigenvalue weighted by molar-refractivity contribution is 7.13. The van der Waals surface area contributed by atoms with E-state index in [1.165, 1.54) is 0 Å². The zero-order valence-electron chi connectivity index (χ0n) is 13.3. The van der Waals surface area contributed by atoms with Gasteiger partial charge in [0.1, 0.15) is 5.75 Å². The molecular formula is C17H14ClN3O3S. The number of methoxy groups -OCH3 is 1. The molecule has 1 aliphatic heterocycles. The molecule has 3 aromatic rings. The van der Waals surface area contributed by atoms with Crippen LogP contribution in [0.1, 0.15) is 18.2 Å². The molecule has 25 heavy (non-hydrogen) atoms. The maximum Gasteiger partial charge on any atom is 0.232 e. The molecule has 0 N–H and O–H groups in total. The van der Waals surface area contributed by atoms with E-state index in [0.29, 0.717) is 35.5 Å². The highest BCUT2D eigenvalue weighted by Crippen LogP contribution is 2.35. The Labute approximate surface area is 153 Å². The lowest BCUT2D eigenvalue weighted by Crippen LogP contribution is -2.24. The first-order valence-electron chi connectivity index (χ1n) is 7.67. The molecule has 3 heterocycles. The summed E-state index contributed by atoms with van der Waals surface area (Å²) >= 11 is 7.71. The second-order valence-electron chi connectivity index (χ2n) is 5.66. The maximum absolute atomic E-state index is 12.4. The third-order valence-electron chi connectivity index (χ3n) is 4.10. The van der Waals surface area contributed by atoms with Gasteiger partial charge in [-0.25, -0.2) is 0 Å². The summed E-state index contributed by atoms with van der Waals surface area (Å²) in [5.41, 5.74) is 0.733. The Morgan fingerprint density at radius 2 is 2.28 bits per heavy atom. The van der Waals surface area contributed by atoms with Crippen LogP contribution in [0.25, 0.3) is 10.7 Å². The van der Waals surface area contributed by atoms with Crippen LogP contribution >= 0.6 is 22.9 Å². The zero-order chi connectivity index (χ0) is 17.4. The van der Waals surface area contributed by atoms with Gasteiger partial charge in [-0.1, -0.05) is 22.8 Å². The van der Waals surface area contributed by atoms with Crippen LogP contribution in [-0.4, -0.2) is 29.7 Å². The first-order chi connectivity index (χ1) is 12.2. The van der Waals surface area contributed by atoms with Crippen LogP contribution < -0.4 is 9.64 Å². The predicted octanol–water partition coefficient (Wildman–Crippen LogP) is 3.98. The van der Waals surface area contributed by atoms with Crippen molar-refractivity contribution < 1.29 is 14.1 Å².